The van der Waals surface area contributed by atoms with Gasteiger partial charge in [-0.05, 0) is 23.8 Å². The molecule has 3 aromatic rings. The van der Waals surface area contributed by atoms with Crippen LogP contribution >= 0.6 is 11.3 Å². The summed E-state index contributed by atoms with van der Waals surface area (Å²) in [6.07, 6.45) is 0.923. The Morgan fingerprint density at radius 3 is 2.70 bits per heavy atom. The van der Waals surface area contributed by atoms with Crippen LogP contribution in [-0.2, 0) is 6.42 Å². The summed E-state index contributed by atoms with van der Waals surface area (Å²) in [7, 11) is 0. The summed E-state index contributed by atoms with van der Waals surface area (Å²) in [5, 5.41) is 32.2. The number of thiazole rings is 1. The number of benzene rings is 1. The van der Waals surface area contributed by atoms with Gasteiger partial charge in [0.2, 0.25) is 0 Å². The van der Waals surface area contributed by atoms with Crippen LogP contribution in [0.4, 0.5) is 15.7 Å². The number of hydrogen-bond donors (Lipinski definition) is 4. The fraction of sp³-hybridized carbons (Fsp3) is 0.350. The first-order valence-corrected chi connectivity index (χ1v) is 10.5. The van der Waals surface area contributed by atoms with Crippen LogP contribution in [0.5, 0.6) is 5.75 Å². The van der Waals surface area contributed by atoms with Gasteiger partial charge in [0.1, 0.15) is 0 Å². The molecule has 10 heteroatoms. The Morgan fingerprint density at radius 1 is 1.23 bits per heavy atom. The van der Waals surface area contributed by atoms with Gasteiger partial charge in [0.05, 0.1) is 22.9 Å². The zero-order chi connectivity index (χ0) is 21.1. The highest BCUT2D eigenvalue weighted by Crippen LogP contribution is 2.28. The molecule has 2 amide bonds. The van der Waals surface area contributed by atoms with Crippen LogP contribution in [0.1, 0.15) is 5.56 Å². The smallest absolute Gasteiger partial charge is 0.323 e. The lowest BCUT2D eigenvalue weighted by atomic mass is 10.1. The first-order chi connectivity index (χ1) is 14.5. The van der Waals surface area contributed by atoms with Gasteiger partial charge in [-0.1, -0.05) is 23.5 Å². The Bertz CT molecular complexity index is 1000. The van der Waals surface area contributed by atoms with Crippen molar-refractivity contribution in [1.82, 2.24) is 14.9 Å². The number of amides is 2. The second-order valence-electron chi connectivity index (χ2n) is 7.12. The maximum Gasteiger partial charge on any atom is 0.323 e. The zero-order valence-electron chi connectivity index (χ0n) is 16.2. The highest BCUT2D eigenvalue weighted by atomic mass is 32.1. The molecule has 0 spiro atoms. The molecule has 0 bridgehead atoms. The van der Waals surface area contributed by atoms with E-state index in [0.717, 1.165) is 10.2 Å². The molecule has 0 radical (unpaired) electrons. The number of para-hydroxylation sites is 1. The number of rotatable bonds is 5. The second kappa shape index (κ2) is 8.82. The second-order valence-corrected chi connectivity index (χ2v) is 8.15. The lowest BCUT2D eigenvalue weighted by molar-refractivity contribution is 0.0954. The number of piperazine rings is 1. The number of aromatic nitrogens is 2. The van der Waals surface area contributed by atoms with Crippen molar-refractivity contribution in [2.45, 2.75) is 12.5 Å². The van der Waals surface area contributed by atoms with Crippen molar-refractivity contribution in [3.05, 3.63) is 42.1 Å². The average molecular weight is 430 g/mol. The number of aliphatic hydroxyl groups excluding tert-OH is 2. The van der Waals surface area contributed by atoms with Crippen molar-refractivity contribution in [2.75, 3.05) is 43.0 Å². The summed E-state index contributed by atoms with van der Waals surface area (Å²) in [4.78, 5) is 25.0. The molecule has 3 heterocycles. The molecule has 1 atom stereocenters. The molecule has 1 saturated heterocycles. The van der Waals surface area contributed by atoms with E-state index in [1.165, 1.54) is 11.3 Å². The summed E-state index contributed by atoms with van der Waals surface area (Å²) >= 11 is 1.44. The van der Waals surface area contributed by atoms with Crippen LogP contribution in [0.15, 0.2) is 36.5 Å². The Morgan fingerprint density at radius 2 is 2.00 bits per heavy atom. The van der Waals surface area contributed by atoms with Gasteiger partial charge in [-0.2, -0.15) is 0 Å². The molecule has 0 aliphatic carbocycles. The molecule has 2 aromatic heterocycles. The lowest BCUT2D eigenvalue weighted by Gasteiger charge is -2.35. The number of pyridine rings is 1. The summed E-state index contributed by atoms with van der Waals surface area (Å²) < 4.78 is 1.02. The largest absolute Gasteiger partial charge is 0.504 e. The third-order valence-corrected chi connectivity index (χ3v) is 5.91. The van der Waals surface area contributed by atoms with Crippen molar-refractivity contribution in [3.63, 3.8) is 0 Å². The van der Waals surface area contributed by atoms with Crippen LogP contribution < -0.4 is 10.2 Å². The van der Waals surface area contributed by atoms with E-state index < -0.39 is 6.10 Å². The molecule has 1 aliphatic rings. The predicted octanol–water partition coefficient (Wildman–Crippen LogP) is 1.65. The molecule has 1 aromatic carbocycles. The van der Waals surface area contributed by atoms with Gasteiger partial charge in [-0.3, -0.25) is 5.32 Å². The van der Waals surface area contributed by atoms with Gasteiger partial charge in [-0.15, -0.1) is 0 Å². The van der Waals surface area contributed by atoms with Crippen molar-refractivity contribution in [2.24, 2.45) is 0 Å². The molecule has 1 aliphatic heterocycles. The molecule has 9 nitrogen and oxygen atoms in total. The van der Waals surface area contributed by atoms with E-state index in [1.807, 2.05) is 29.2 Å². The molecular weight excluding hydrogens is 406 g/mol. The van der Waals surface area contributed by atoms with E-state index in [1.54, 1.807) is 17.2 Å². The lowest BCUT2D eigenvalue weighted by Crippen LogP contribution is -2.50. The fourth-order valence-corrected chi connectivity index (χ4v) is 4.25. The monoisotopic (exact) mass is 429 g/mol. The first-order valence-electron chi connectivity index (χ1n) is 9.66. The SMILES string of the molecule is O=C(Nc1nc2ccccc2s1)N1CCN(c2ncc(C[C@H](O)CO)cc2O)CC1. The average Bonchev–Trinajstić information content (AvgIpc) is 3.16. The summed E-state index contributed by atoms with van der Waals surface area (Å²) in [5.74, 6) is 0.466. The van der Waals surface area contributed by atoms with Gasteiger partial charge in [0.15, 0.2) is 16.7 Å². The number of urea groups is 1. The topological polar surface area (TPSA) is 122 Å². The van der Waals surface area contributed by atoms with Gasteiger partial charge in [-0.25, -0.2) is 14.8 Å². The number of hydrogen-bond acceptors (Lipinski definition) is 8. The number of aromatic hydroxyl groups is 1. The van der Waals surface area contributed by atoms with Gasteiger partial charge in [0, 0.05) is 38.8 Å². The molecule has 4 rings (SSSR count). The normalized spacial score (nSPS) is 15.4. The summed E-state index contributed by atoms with van der Waals surface area (Å²) in [5.41, 5.74) is 1.51. The highest BCUT2D eigenvalue weighted by Gasteiger charge is 2.24. The number of nitrogens with one attached hydrogen (secondary N) is 1. The van der Waals surface area contributed by atoms with Crippen molar-refractivity contribution < 1.29 is 20.1 Å². The quantitative estimate of drug-likeness (QED) is 0.486. The maximum absolute atomic E-state index is 12.6. The molecule has 0 saturated carbocycles. The van der Waals surface area contributed by atoms with E-state index in [4.69, 9.17) is 5.11 Å². The molecular formula is C20H23N5O4S. The summed E-state index contributed by atoms with van der Waals surface area (Å²) in [6.45, 7) is 1.70. The van der Waals surface area contributed by atoms with E-state index in [2.05, 4.69) is 15.3 Å². The maximum atomic E-state index is 12.6. The third-order valence-electron chi connectivity index (χ3n) is 4.96. The first kappa shape index (κ1) is 20.3. The minimum Gasteiger partial charge on any atom is -0.504 e. The van der Waals surface area contributed by atoms with Crippen LogP contribution in [0.3, 0.4) is 0 Å². The number of carbonyl (C=O) groups is 1. The Labute approximate surface area is 177 Å². The minimum atomic E-state index is -0.880. The Balaban J connectivity index is 1.34. The zero-order valence-corrected chi connectivity index (χ0v) is 17.0. The van der Waals surface area contributed by atoms with Crippen molar-refractivity contribution >= 4 is 38.5 Å². The van der Waals surface area contributed by atoms with Crippen molar-refractivity contribution in [3.8, 4) is 5.75 Å². The molecule has 0 unspecified atom stereocenters. The van der Waals surface area contributed by atoms with Crippen molar-refractivity contribution in [1.29, 1.82) is 0 Å². The standard InChI is InChI=1S/C20H23N5O4S/c26-12-14(27)9-13-10-16(28)18(21-11-13)24-5-7-25(8-6-24)20(29)23-19-22-15-3-1-2-4-17(15)30-19/h1-4,10-11,14,26-28H,5-9,12H2,(H,22,23,29)/t14-/m0/s1. The number of aliphatic hydroxyl groups is 2. The fourth-order valence-electron chi connectivity index (χ4n) is 3.40. The predicted molar refractivity (Wildman–Crippen MR) is 115 cm³/mol. The number of nitrogens with zero attached hydrogens (tertiary/aromatic N) is 4. The van der Waals surface area contributed by atoms with E-state index in [-0.39, 0.29) is 24.8 Å². The number of anilines is 2. The summed E-state index contributed by atoms with van der Waals surface area (Å²) in [6, 6.07) is 9.09. The van der Waals surface area contributed by atoms with Crippen LogP contribution in [0.2, 0.25) is 0 Å². The van der Waals surface area contributed by atoms with Gasteiger partial charge in [0.25, 0.3) is 0 Å². The Hall–Kier alpha value is -2.95. The number of fused-ring (bicyclic) bond motifs is 1. The van der Waals surface area contributed by atoms with Crippen LogP contribution in [-0.4, -0.2) is 75.1 Å². The Kier molecular flexibility index (Phi) is 5.98. The highest BCUT2D eigenvalue weighted by molar-refractivity contribution is 7.22. The number of carbonyl (C=O) groups excluding carboxylic acids is 1. The minimum absolute atomic E-state index is 0.0185. The third kappa shape index (κ3) is 4.45. The van der Waals surface area contributed by atoms with Gasteiger partial charge >= 0.3 is 6.03 Å². The molecule has 1 fully saturated rings. The van der Waals surface area contributed by atoms with Crippen LogP contribution in [0, 0.1) is 0 Å². The van der Waals surface area contributed by atoms with Gasteiger partial charge < -0.3 is 25.1 Å². The molecule has 30 heavy (non-hydrogen) atoms. The molecule has 158 valence electrons. The van der Waals surface area contributed by atoms with E-state index >= 15 is 0 Å². The van der Waals surface area contributed by atoms with E-state index in [9.17, 15) is 15.0 Å². The van der Waals surface area contributed by atoms with Crippen LogP contribution in [0.25, 0.3) is 10.2 Å². The van der Waals surface area contributed by atoms with E-state index in [0.29, 0.717) is 42.7 Å². The molecule has 4 N–H and O–H groups in total.